The molecule has 1 aromatic carbocycles. The van der Waals surface area contributed by atoms with Gasteiger partial charge in [-0.15, -0.1) is 11.3 Å². The van der Waals surface area contributed by atoms with Crippen molar-refractivity contribution in [2.75, 3.05) is 0 Å². The molecule has 1 heterocycles. The molecule has 1 aromatic heterocycles. The lowest BCUT2D eigenvalue weighted by Gasteiger charge is -1.99. The lowest BCUT2D eigenvalue weighted by Crippen LogP contribution is -1.81. The van der Waals surface area contributed by atoms with Crippen LogP contribution >= 0.6 is 27.3 Å². The highest BCUT2D eigenvalue weighted by molar-refractivity contribution is 9.10. The summed E-state index contributed by atoms with van der Waals surface area (Å²) in [6, 6.07) is 13.1. The number of halogens is 1. The van der Waals surface area contributed by atoms with Gasteiger partial charge >= 0.3 is 0 Å². The van der Waals surface area contributed by atoms with Crippen LogP contribution in [-0.2, 0) is 6.42 Å². The number of unbranched alkanes of at least 4 members (excludes halogenated alkanes) is 4. The molecule has 0 unspecified atom stereocenters. The number of benzene rings is 1. The standard InChI is InChI=1S/C17H21BrS/c1-2-3-4-5-6-7-16-12-13-17(19-16)14-8-10-15(18)11-9-14/h8-13H,2-7H2,1H3. The average molecular weight is 337 g/mol. The highest BCUT2D eigenvalue weighted by Gasteiger charge is 2.03. The zero-order valence-corrected chi connectivity index (χ0v) is 13.9. The smallest absolute Gasteiger partial charge is 0.0345 e. The van der Waals surface area contributed by atoms with Gasteiger partial charge in [0.2, 0.25) is 0 Å². The lowest BCUT2D eigenvalue weighted by atomic mass is 10.1. The number of hydrogen-bond acceptors (Lipinski definition) is 1. The van der Waals surface area contributed by atoms with Crippen LogP contribution in [0.5, 0.6) is 0 Å². The van der Waals surface area contributed by atoms with E-state index in [0.29, 0.717) is 0 Å². The van der Waals surface area contributed by atoms with Crippen LogP contribution in [0.2, 0.25) is 0 Å². The van der Waals surface area contributed by atoms with Crippen molar-refractivity contribution >= 4 is 27.3 Å². The summed E-state index contributed by atoms with van der Waals surface area (Å²) in [4.78, 5) is 2.91. The highest BCUT2D eigenvalue weighted by atomic mass is 79.9. The van der Waals surface area contributed by atoms with Crippen LogP contribution in [0, 0.1) is 0 Å². The summed E-state index contributed by atoms with van der Waals surface area (Å²) in [6.07, 6.45) is 8.05. The van der Waals surface area contributed by atoms with Crippen molar-refractivity contribution in [2.24, 2.45) is 0 Å². The van der Waals surface area contributed by atoms with Gasteiger partial charge in [-0.3, -0.25) is 0 Å². The van der Waals surface area contributed by atoms with Crippen LogP contribution in [0.25, 0.3) is 10.4 Å². The molecule has 0 saturated heterocycles. The quantitative estimate of drug-likeness (QED) is 0.494. The van der Waals surface area contributed by atoms with Gasteiger partial charge in [0.05, 0.1) is 0 Å². The van der Waals surface area contributed by atoms with Gasteiger partial charge in [0.1, 0.15) is 0 Å². The fourth-order valence-electron chi connectivity index (χ4n) is 2.18. The molecule has 0 atom stereocenters. The molecule has 0 spiro atoms. The van der Waals surface area contributed by atoms with Crippen molar-refractivity contribution in [3.63, 3.8) is 0 Å². The Kier molecular flexibility index (Phi) is 6.12. The average Bonchev–Trinajstić information content (AvgIpc) is 2.88. The summed E-state index contributed by atoms with van der Waals surface area (Å²) in [5, 5.41) is 0. The summed E-state index contributed by atoms with van der Waals surface area (Å²) in [5.74, 6) is 0. The second-order valence-electron chi connectivity index (χ2n) is 4.94. The first-order valence-electron chi connectivity index (χ1n) is 7.14. The van der Waals surface area contributed by atoms with Crippen LogP contribution in [-0.4, -0.2) is 0 Å². The number of hydrogen-bond donors (Lipinski definition) is 0. The number of rotatable bonds is 7. The molecule has 0 radical (unpaired) electrons. The topological polar surface area (TPSA) is 0 Å². The number of thiophene rings is 1. The van der Waals surface area contributed by atoms with Crippen molar-refractivity contribution in [1.29, 1.82) is 0 Å². The summed E-state index contributed by atoms with van der Waals surface area (Å²) in [6.45, 7) is 2.27. The van der Waals surface area contributed by atoms with Crippen LogP contribution in [0.15, 0.2) is 40.9 Å². The van der Waals surface area contributed by atoms with Gasteiger partial charge in [-0.1, -0.05) is 60.7 Å². The normalized spacial score (nSPS) is 10.8. The lowest BCUT2D eigenvalue weighted by molar-refractivity contribution is 0.634. The van der Waals surface area contributed by atoms with Crippen molar-refractivity contribution in [1.82, 2.24) is 0 Å². The van der Waals surface area contributed by atoms with Crippen LogP contribution in [0.1, 0.15) is 43.9 Å². The van der Waals surface area contributed by atoms with Crippen molar-refractivity contribution in [2.45, 2.75) is 45.4 Å². The van der Waals surface area contributed by atoms with Crippen molar-refractivity contribution < 1.29 is 0 Å². The van der Waals surface area contributed by atoms with Gasteiger partial charge < -0.3 is 0 Å². The van der Waals surface area contributed by atoms with Crippen molar-refractivity contribution in [3.8, 4) is 10.4 Å². The monoisotopic (exact) mass is 336 g/mol. The summed E-state index contributed by atoms with van der Waals surface area (Å²) in [7, 11) is 0. The Balaban J connectivity index is 1.86. The third-order valence-electron chi connectivity index (χ3n) is 3.32. The third-order valence-corrected chi connectivity index (χ3v) is 5.04. The van der Waals surface area contributed by atoms with Gasteiger partial charge in [-0.2, -0.15) is 0 Å². The Morgan fingerprint density at radius 1 is 0.895 bits per heavy atom. The molecule has 0 aliphatic rings. The summed E-state index contributed by atoms with van der Waals surface area (Å²) >= 11 is 5.42. The Morgan fingerprint density at radius 2 is 1.63 bits per heavy atom. The second kappa shape index (κ2) is 7.86. The molecule has 0 saturated carbocycles. The van der Waals surface area contributed by atoms with Crippen LogP contribution in [0.4, 0.5) is 0 Å². The summed E-state index contributed by atoms with van der Waals surface area (Å²) < 4.78 is 1.14. The molecule has 0 nitrogen and oxygen atoms in total. The maximum atomic E-state index is 3.48. The van der Waals surface area contributed by atoms with Gasteiger partial charge in [-0.05, 0) is 42.7 Å². The predicted octanol–water partition coefficient (Wildman–Crippen LogP) is 6.69. The third kappa shape index (κ3) is 4.77. The fourth-order valence-corrected chi connectivity index (χ4v) is 3.50. The van der Waals surface area contributed by atoms with E-state index in [-0.39, 0.29) is 0 Å². The molecule has 19 heavy (non-hydrogen) atoms. The maximum Gasteiger partial charge on any atom is 0.0345 e. The molecule has 0 fully saturated rings. The largest absolute Gasteiger partial charge is 0.140 e. The first-order chi connectivity index (χ1) is 9.29. The Labute approximate surface area is 129 Å². The van der Waals surface area contributed by atoms with Gasteiger partial charge in [-0.25, -0.2) is 0 Å². The minimum Gasteiger partial charge on any atom is -0.140 e. The molecule has 0 aliphatic heterocycles. The van der Waals surface area contributed by atoms with Gasteiger partial charge in [0.25, 0.3) is 0 Å². The molecule has 2 aromatic rings. The van der Waals surface area contributed by atoms with E-state index in [1.165, 1.54) is 53.8 Å². The highest BCUT2D eigenvalue weighted by Crippen LogP contribution is 2.29. The molecular formula is C17H21BrS. The van der Waals surface area contributed by atoms with E-state index in [0.717, 1.165) is 4.47 Å². The van der Waals surface area contributed by atoms with Crippen LogP contribution < -0.4 is 0 Å². The minimum absolute atomic E-state index is 1.14. The van der Waals surface area contributed by atoms with E-state index in [1.807, 2.05) is 11.3 Å². The van der Waals surface area contributed by atoms with Crippen LogP contribution in [0.3, 0.4) is 0 Å². The fraction of sp³-hybridized carbons (Fsp3) is 0.412. The molecule has 2 heteroatoms. The Morgan fingerprint density at radius 3 is 2.37 bits per heavy atom. The van der Waals surface area contributed by atoms with E-state index < -0.39 is 0 Å². The Bertz CT molecular complexity index is 484. The van der Waals surface area contributed by atoms with E-state index in [1.54, 1.807) is 0 Å². The zero-order chi connectivity index (χ0) is 13.5. The van der Waals surface area contributed by atoms with E-state index in [9.17, 15) is 0 Å². The molecular weight excluding hydrogens is 316 g/mol. The summed E-state index contributed by atoms with van der Waals surface area (Å²) in [5.41, 5.74) is 1.32. The predicted molar refractivity (Wildman–Crippen MR) is 89.9 cm³/mol. The molecule has 102 valence electrons. The first-order valence-corrected chi connectivity index (χ1v) is 8.75. The maximum absolute atomic E-state index is 3.48. The van der Waals surface area contributed by atoms with E-state index >= 15 is 0 Å². The van der Waals surface area contributed by atoms with E-state index in [2.05, 4.69) is 59.3 Å². The number of aryl methyl sites for hydroxylation is 1. The molecule has 2 rings (SSSR count). The molecule has 0 amide bonds. The zero-order valence-electron chi connectivity index (χ0n) is 11.5. The Hall–Kier alpha value is -0.600. The SMILES string of the molecule is CCCCCCCc1ccc(-c2ccc(Br)cc2)s1. The minimum atomic E-state index is 1.14. The van der Waals surface area contributed by atoms with Gasteiger partial charge in [0, 0.05) is 14.2 Å². The van der Waals surface area contributed by atoms with Gasteiger partial charge in [0.15, 0.2) is 0 Å². The molecule has 0 N–H and O–H groups in total. The molecule has 0 bridgehead atoms. The second-order valence-corrected chi connectivity index (χ2v) is 7.02. The molecule has 0 aliphatic carbocycles. The van der Waals surface area contributed by atoms with E-state index in [4.69, 9.17) is 0 Å². The first kappa shape index (κ1) is 14.8. The van der Waals surface area contributed by atoms with Crippen molar-refractivity contribution in [3.05, 3.63) is 45.7 Å².